The molecule has 0 heterocycles. The Morgan fingerprint density at radius 3 is 2.03 bits per heavy atom. The van der Waals surface area contributed by atoms with E-state index in [2.05, 4.69) is 24.5 Å². The van der Waals surface area contributed by atoms with Gasteiger partial charge in [-0.1, -0.05) is 84.5 Å². The molecule has 1 aliphatic rings. The Morgan fingerprint density at radius 2 is 1.39 bits per heavy atom. The smallest absolute Gasteiger partial charge is 0.251 e. The van der Waals surface area contributed by atoms with Gasteiger partial charge in [0, 0.05) is 23.7 Å². The van der Waals surface area contributed by atoms with E-state index in [0.717, 1.165) is 25.1 Å². The number of rotatable bonds is 17. The van der Waals surface area contributed by atoms with Gasteiger partial charge >= 0.3 is 0 Å². The van der Waals surface area contributed by atoms with Gasteiger partial charge < -0.3 is 10.6 Å². The summed E-state index contributed by atoms with van der Waals surface area (Å²) in [6, 6.07) is 7.27. The van der Waals surface area contributed by atoms with Crippen molar-refractivity contribution in [1.29, 1.82) is 0 Å². The highest BCUT2D eigenvalue weighted by Gasteiger charge is 2.42. The summed E-state index contributed by atoms with van der Waals surface area (Å²) in [6.07, 6.45) is 17.4. The molecule has 2 amide bonds. The largest absolute Gasteiger partial charge is 0.352 e. The van der Waals surface area contributed by atoms with Crippen LogP contribution in [0.4, 0.5) is 5.69 Å². The Bertz CT molecular complexity index is 641. The molecule has 0 saturated heterocycles. The Kier molecular flexibility index (Phi) is 12.3. The van der Waals surface area contributed by atoms with Crippen LogP contribution in [0.2, 0.25) is 0 Å². The first kappa shape index (κ1) is 25.4. The highest BCUT2D eigenvalue weighted by molar-refractivity contribution is 5.97. The van der Waals surface area contributed by atoms with E-state index in [4.69, 9.17) is 0 Å². The first-order valence-electron chi connectivity index (χ1n) is 12.8. The third-order valence-electron chi connectivity index (χ3n) is 6.42. The lowest BCUT2D eigenvalue weighted by atomic mass is 10.1. The average Bonchev–Trinajstić information content (AvgIpc) is 3.56. The number of amides is 2. The molecule has 1 aliphatic carbocycles. The lowest BCUT2D eigenvalue weighted by Crippen LogP contribution is -2.24. The molecule has 2 atom stereocenters. The monoisotopic (exact) mass is 428 g/mol. The van der Waals surface area contributed by atoms with Crippen LogP contribution >= 0.6 is 0 Å². The molecule has 4 heteroatoms. The molecule has 174 valence electrons. The van der Waals surface area contributed by atoms with Crippen molar-refractivity contribution < 1.29 is 9.59 Å². The van der Waals surface area contributed by atoms with Crippen molar-refractivity contribution in [3.63, 3.8) is 0 Å². The zero-order valence-electron chi connectivity index (χ0n) is 19.9. The van der Waals surface area contributed by atoms with Crippen LogP contribution in [0, 0.1) is 11.8 Å². The van der Waals surface area contributed by atoms with Crippen LogP contribution in [0.5, 0.6) is 0 Å². The topological polar surface area (TPSA) is 58.2 Å². The number of hydrogen-bond acceptors (Lipinski definition) is 2. The number of benzene rings is 1. The van der Waals surface area contributed by atoms with Crippen LogP contribution < -0.4 is 10.6 Å². The van der Waals surface area contributed by atoms with Gasteiger partial charge in [0.1, 0.15) is 0 Å². The molecule has 0 aromatic heterocycles. The van der Waals surface area contributed by atoms with Crippen molar-refractivity contribution in [2.45, 2.75) is 104 Å². The van der Waals surface area contributed by atoms with E-state index >= 15 is 0 Å². The molecule has 4 nitrogen and oxygen atoms in total. The average molecular weight is 429 g/mol. The number of carbonyl (C=O) groups is 2. The minimum absolute atomic E-state index is 0.0346. The summed E-state index contributed by atoms with van der Waals surface area (Å²) < 4.78 is 0. The fourth-order valence-corrected chi connectivity index (χ4v) is 4.22. The highest BCUT2D eigenvalue weighted by atomic mass is 16.2. The molecule has 0 radical (unpaired) electrons. The Balaban J connectivity index is 1.59. The summed E-state index contributed by atoms with van der Waals surface area (Å²) in [6.45, 7) is 5.19. The normalized spacial score (nSPS) is 17.4. The molecule has 2 N–H and O–H groups in total. The standard InChI is InChI=1S/C27H44N2O2/c1-3-5-7-9-11-13-15-23-21-25(23)27(31)29-24-18-16-22(17-19-24)26(30)28-20-14-12-10-8-6-4-2/h16-19,23,25H,3-15,20-21H2,1-2H3,(H,28,30)(H,29,31)/t23-,25+/m1/s1. The molecule has 1 saturated carbocycles. The van der Waals surface area contributed by atoms with Gasteiger partial charge in [-0.25, -0.2) is 0 Å². The van der Waals surface area contributed by atoms with Gasteiger partial charge in [-0.15, -0.1) is 0 Å². The second-order valence-electron chi connectivity index (χ2n) is 9.25. The summed E-state index contributed by atoms with van der Waals surface area (Å²) in [7, 11) is 0. The number of nitrogens with one attached hydrogen (secondary N) is 2. The lowest BCUT2D eigenvalue weighted by molar-refractivity contribution is -0.117. The molecule has 1 aromatic rings. The van der Waals surface area contributed by atoms with Crippen molar-refractivity contribution in [3.8, 4) is 0 Å². The minimum Gasteiger partial charge on any atom is -0.352 e. The SMILES string of the molecule is CCCCCCCCNC(=O)c1ccc(NC(=O)[C@H]2C[C@H]2CCCCCCCC)cc1. The molecule has 0 bridgehead atoms. The van der Waals surface area contributed by atoms with Crippen LogP contribution in [-0.4, -0.2) is 18.4 Å². The molecular weight excluding hydrogens is 384 g/mol. The molecule has 0 spiro atoms. The van der Waals surface area contributed by atoms with Crippen molar-refractivity contribution in [2.24, 2.45) is 11.8 Å². The van der Waals surface area contributed by atoms with Crippen LogP contribution in [0.1, 0.15) is 114 Å². The molecule has 1 fully saturated rings. The summed E-state index contributed by atoms with van der Waals surface area (Å²) in [4.78, 5) is 24.7. The summed E-state index contributed by atoms with van der Waals surface area (Å²) in [5.74, 6) is 0.845. The maximum Gasteiger partial charge on any atom is 0.251 e. The number of hydrogen-bond donors (Lipinski definition) is 2. The van der Waals surface area contributed by atoms with Gasteiger partial charge in [-0.05, 0) is 49.4 Å². The van der Waals surface area contributed by atoms with E-state index in [-0.39, 0.29) is 17.7 Å². The molecule has 1 aromatic carbocycles. The van der Waals surface area contributed by atoms with Gasteiger partial charge in [0.25, 0.3) is 5.91 Å². The van der Waals surface area contributed by atoms with E-state index in [9.17, 15) is 9.59 Å². The molecular formula is C27H44N2O2. The maximum atomic E-state index is 12.5. The Hall–Kier alpha value is -1.84. The van der Waals surface area contributed by atoms with Crippen LogP contribution in [0.3, 0.4) is 0 Å². The summed E-state index contributed by atoms with van der Waals surface area (Å²) >= 11 is 0. The summed E-state index contributed by atoms with van der Waals surface area (Å²) in [5.41, 5.74) is 1.43. The molecule has 0 aliphatic heterocycles. The maximum absolute atomic E-state index is 12.5. The van der Waals surface area contributed by atoms with Gasteiger partial charge in [0.15, 0.2) is 0 Å². The molecule has 2 rings (SSSR count). The van der Waals surface area contributed by atoms with Crippen LogP contribution in [0.15, 0.2) is 24.3 Å². The van der Waals surface area contributed by atoms with Crippen LogP contribution in [0.25, 0.3) is 0 Å². The van der Waals surface area contributed by atoms with Crippen molar-refractivity contribution in [3.05, 3.63) is 29.8 Å². The van der Waals surface area contributed by atoms with Gasteiger partial charge in [-0.2, -0.15) is 0 Å². The Morgan fingerprint density at radius 1 is 0.806 bits per heavy atom. The van der Waals surface area contributed by atoms with Crippen molar-refractivity contribution >= 4 is 17.5 Å². The van der Waals surface area contributed by atoms with Gasteiger partial charge in [-0.3, -0.25) is 9.59 Å². The van der Waals surface area contributed by atoms with E-state index in [1.54, 1.807) is 12.1 Å². The third kappa shape index (κ3) is 10.3. The number of unbranched alkanes of at least 4 members (excludes halogenated alkanes) is 10. The molecule has 31 heavy (non-hydrogen) atoms. The first-order valence-corrected chi connectivity index (χ1v) is 12.8. The van der Waals surface area contributed by atoms with Gasteiger partial charge in [0.2, 0.25) is 5.91 Å². The Labute approximate surface area is 190 Å². The minimum atomic E-state index is -0.0346. The number of anilines is 1. The summed E-state index contributed by atoms with van der Waals surface area (Å²) in [5, 5.41) is 6.02. The highest BCUT2D eigenvalue weighted by Crippen LogP contribution is 2.43. The molecule has 0 unspecified atom stereocenters. The van der Waals surface area contributed by atoms with Crippen molar-refractivity contribution in [1.82, 2.24) is 5.32 Å². The van der Waals surface area contributed by atoms with Crippen LogP contribution in [-0.2, 0) is 4.79 Å². The lowest BCUT2D eigenvalue weighted by Gasteiger charge is -2.08. The number of carbonyl (C=O) groups excluding carboxylic acids is 2. The second kappa shape index (κ2) is 15.0. The fraction of sp³-hybridized carbons (Fsp3) is 0.704. The fourth-order valence-electron chi connectivity index (χ4n) is 4.22. The van der Waals surface area contributed by atoms with E-state index in [1.807, 2.05) is 12.1 Å². The van der Waals surface area contributed by atoms with E-state index in [1.165, 1.54) is 77.0 Å². The second-order valence-corrected chi connectivity index (χ2v) is 9.25. The predicted molar refractivity (Wildman–Crippen MR) is 130 cm³/mol. The third-order valence-corrected chi connectivity index (χ3v) is 6.42. The zero-order valence-corrected chi connectivity index (χ0v) is 19.9. The van der Waals surface area contributed by atoms with E-state index < -0.39 is 0 Å². The quantitative estimate of drug-likeness (QED) is 0.260. The van der Waals surface area contributed by atoms with Gasteiger partial charge in [0.05, 0.1) is 0 Å². The van der Waals surface area contributed by atoms with E-state index in [0.29, 0.717) is 11.5 Å². The van der Waals surface area contributed by atoms with Crippen molar-refractivity contribution in [2.75, 3.05) is 11.9 Å². The predicted octanol–water partition coefficient (Wildman–Crippen LogP) is 7.10. The zero-order chi connectivity index (χ0) is 22.3. The first-order chi connectivity index (χ1) is 15.2.